The number of aromatic nitrogens is 1. The molecule has 0 spiro atoms. The summed E-state index contributed by atoms with van der Waals surface area (Å²) in [6.07, 6.45) is 13.9. The molecule has 0 radical (unpaired) electrons. The maximum atomic E-state index is 2.56. The third-order valence-electron chi connectivity index (χ3n) is 5.44. The van der Waals surface area contributed by atoms with Gasteiger partial charge in [-0.25, -0.2) is 0 Å². The minimum atomic E-state index is -1.92. The zero-order valence-corrected chi connectivity index (χ0v) is 19.3. The first-order valence-corrected chi connectivity index (χ1v) is 18.9. The fourth-order valence-corrected chi connectivity index (χ4v) is 24.9. The Bertz CT molecular complexity index is 1050. The summed E-state index contributed by atoms with van der Waals surface area (Å²) in [6, 6.07) is 13.4. The summed E-state index contributed by atoms with van der Waals surface area (Å²) in [6.45, 7) is 5.13. The van der Waals surface area contributed by atoms with E-state index in [9.17, 15) is 0 Å². The molecule has 0 saturated heterocycles. The number of allylic oxidation sites excluding steroid dienone is 4. The predicted octanol–water partition coefficient (Wildman–Crippen LogP) is 6.09. The van der Waals surface area contributed by atoms with Gasteiger partial charge < -0.3 is 2.85 Å². The molecular weight excluding hydrogens is 430 g/mol. The van der Waals surface area contributed by atoms with Gasteiger partial charge in [-0.05, 0) is 0 Å². The average molecular weight is 453 g/mol. The van der Waals surface area contributed by atoms with Crippen molar-refractivity contribution in [3.8, 4) is 0 Å². The van der Waals surface area contributed by atoms with Crippen molar-refractivity contribution in [2.75, 3.05) is 0 Å². The molecule has 5 rings (SSSR count). The summed E-state index contributed by atoms with van der Waals surface area (Å²) in [5.41, 5.74) is 5.81. The van der Waals surface area contributed by atoms with Gasteiger partial charge in [-0.2, -0.15) is 0 Å². The normalized spacial score (nSPS) is 22.3. The van der Waals surface area contributed by atoms with Crippen LogP contribution in [0.3, 0.4) is 0 Å². The van der Waals surface area contributed by atoms with Gasteiger partial charge in [0, 0.05) is 0 Å². The molecule has 1 aromatic heterocycles. The first-order valence-electron chi connectivity index (χ1n) is 9.10. The first-order chi connectivity index (χ1) is 12.7. The minimum Gasteiger partial charge on any atom is -1.00 e. The van der Waals surface area contributed by atoms with Crippen LogP contribution in [0, 0.1) is 0 Å². The minimum absolute atomic E-state index is 0. The molecule has 1 aliphatic heterocycles. The van der Waals surface area contributed by atoms with Crippen molar-refractivity contribution in [2.24, 2.45) is 0 Å². The average Bonchev–Trinajstić information content (AvgIpc) is 3.40. The molecule has 2 aliphatic carbocycles. The van der Waals surface area contributed by atoms with Gasteiger partial charge in [0.05, 0.1) is 0 Å². The quantitative estimate of drug-likeness (QED) is 0.510. The molecule has 0 fully saturated rings. The maximum absolute atomic E-state index is 2.56. The fourth-order valence-electron chi connectivity index (χ4n) is 4.30. The second-order valence-corrected chi connectivity index (χ2v) is 25.6. The van der Waals surface area contributed by atoms with E-state index >= 15 is 0 Å². The number of fused-ring (bicyclic) bond motifs is 2. The Morgan fingerprint density at radius 2 is 1.92 bits per heavy atom. The van der Waals surface area contributed by atoms with Crippen molar-refractivity contribution in [3.63, 3.8) is 0 Å². The Labute approximate surface area is 170 Å². The van der Waals surface area contributed by atoms with Gasteiger partial charge in [-0.15, -0.1) is 0 Å². The standard InChI is InChI=1S/C13H10N.C7H5S.C2H6Si.Zr.2H/c1-2-6-12-10-13(9-11(12)5-1)14-7-3-4-8-14;1-2-6-4-5-8-7(6)3-1;1-3-2;;;/h1-10H;1-3,5,7H;1-2H3;;;/q;;;+2;2*-1. The van der Waals surface area contributed by atoms with E-state index < -0.39 is 20.4 Å². The van der Waals surface area contributed by atoms with Gasteiger partial charge in [0.1, 0.15) is 0 Å². The zero-order chi connectivity index (χ0) is 17.7. The van der Waals surface area contributed by atoms with Gasteiger partial charge in [0.25, 0.3) is 0 Å². The molecule has 2 aromatic rings. The molecule has 2 heterocycles. The molecule has 130 valence electrons. The fraction of sp³-hybridized carbons (Fsp3) is 0.182. The van der Waals surface area contributed by atoms with Gasteiger partial charge in [-0.3, -0.25) is 0 Å². The van der Waals surface area contributed by atoms with E-state index in [4.69, 9.17) is 0 Å². The van der Waals surface area contributed by atoms with E-state index in [1.165, 1.54) is 11.3 Å². The second-order valence-electron chi connectivity index (χ2n) is 7.23. The van der Waals surface area contributed by atoms with E-state index in [-0.39, 0.29) is 8.29 Å². The summed E-state index contributed by atoms with van der Waals surface area (Å²) < 4.78 is 4.79. The molecule has 26 heavy (non-hydrogen) atoms. The molecule has 2 unspecified atom stereocenters. The second kappa shape index (κ2) is 6.82. The maximum Gasteiger partial charge on any atom is -1.00 e. The van der Waals surface area contributed by atoms with Crippen LogP contribution in [0.2, 0.25) is 13.1 Å². The van der Waals surface area contributed by atoms with E-state index in [1.807, 2.05) is 11.8 Å². The van der Waals surface area contributed by atoms with Crippen LogP contribution in [0.25, 0.3) is 11.8 Å². The number of hydrogen-bond acceptors (Lipinski definition) is 1. The van der Waals surface area contributed by atoms with Crippen LogP contribution < -0.4 is 0 Å². The summed E-state index contributed by atoms with van der Waals surface area (Å²) in [7, 11) is 0. The van der Waals surface area contributed by atoms with Gasteiger partial charge >= 0.3 is 168 Å². The number of rotatable bonds is 3. The molecule has 0 N–H and O–H groups in total. The van der Waals surface area contributed by atoms with Crippen LogP contribution in [0.1, 0.15) is 17.6 Å². The van der Waals surface area contributed by atoms with E-state index in [0.717, 1.165) is 0 Å². The molecule has 0 amide bonds. The van der Waals surface area contributed by atoms with E-state index in [1.54, 1.807) is 14.4 Å². The van der Waals surface area contributed by atoms with Crippen molar-refractivity contribution < 1.29 is 23.2 Å². The summed E-state index contributed by atoms with van der Waals surface area (Å²) in [4.78, 5) is 0. The van der Waals surface area contributed by atoms with Crippen LogP contribution in [0.5, 0.6) is 0 Å². The van der Waals surface area contributed by atoms with Crippen molar-refractivity contribution >= 4 is 29.0 Å². The molecule has 4 heteroatoms. The number of thioether (sulfide) groups is 1. The smallest absolute Gasteiger partial charge is 1.00 e. The van der Waals surface area contributed by atoms with Crippen LogP contribution in [-0.2, 0) is 20.4 Å². The van der Waals surface area contributed by atoms with Crippen LogP contribution >= 0.6 is 11.8 Å². The van der Waals surface area contributed by atoms with Gasteiger partial charge in [0.2, 0.25) is 0 Å². The molecule has 1 nitrogen and oxygen atoms in total. The topological polar surface area (TPSA) is 4.93 Å². The molecule has 0 bridgehead atoms. The van der Waals surface area contributed by atoms with Crippen molar-refractivity contribution in [1.82, 2.24) is 4.57 Å². The van der Waals surface area contributed by atoms with Crippen molar-refractivity contribution in [2.45, 2.75) is 22.0 Å². The van der Waals surface area contributed by atoms with E-state index in [0.29, 0.717) is 8.88 Å². The molecule has 0 saturated carbocycles. The van der Waals surface area contributed by atoms with Crippen LogP contribution in [-0.4, -0.2) is 15.3 Å². The zero-order valence-electron chi connectivity index (χ0n) is 17.0. The SMILES string of the molecule is C[Si](C)=[Zr+2]([C]1=CSC2C=CC=C12)[CH]1C(n2cccc2)=Cc2ccccc21.[H-].[H-]. The Morgan fingerprint density at radius 3 is 2.73 bits per heavy atom. The molecular formula is C22H23NSSiZr. The van der Waals surface area contributed by atoms with Crippen LogP contribution in [0.15, 0.2) is 81.3 Å². The Morgan fingerprint density at radius 1 is 1.12 bits per heavy atom. The van der Waals surface area contributed by atoms with Crippen molar-refractivity contribution in [1.29, 1.82) is 0 Å². The molecule has 3 aliphatic rings. The predicted molar refractivity (Wildman–Crippen MR) is 114 cm³/mol. The summed E-state index contributed by atoms with van der Waals surface area (Å²) in [5, 5.41) is 3.14. The third-order valence-corrected chi connectivity index (χ3v) is 24.8. The summed E-state index contributed by atoms with van der Waals surface area (Å²) >= 11 is 0.112. The van der Waals surface area contributed by atoms with Gasteiger partial charge in [0.15, 0.2) is 0 Å². The third kappa shape index (κ3) is 2.69. The van der Waals surface area contributed by atoms with Crippen LogP contribution in [0.4, 0.5) is 0 Å². The Hall–Kier alpha value is -1.09. The van der Waals surface area contributed by atoms with E-state index in [2.05, 4.69) is 96.2 Å². The van der Waals surface area contributed by atoms with Gasteiger partial charge in [-0.1, -0.05) is 0 Å². The largest absolute Gasteiger partial charge is 1.00 e. The molecule has 1 aromatic carbocycles. The monoisotopic (exact) mass is 451 g/mol. The number of nitrogens with zero attached hydrogens (tertiary/aromatic N) is 1. The molecule has 2 atom stereocenters. The summed E-state index contributed by atoms with van der Waals surface area (Å²) in [5.74, 6) is 0. The first kappa shape index (κ1) is 17.0. The van der Waals surface area contributed by atoms with Crippen molar-refractivity contribution in [3.05, 3.63) is 92.4 Å². The Kier molecular flexibility index (Phi) is 4.47. The number of benzene rings is 1. The Balaban J connectivity index is 0.00000112. The number of hydrogen-bond donors (Lipinski definition) is 0.